The molecule has 0 saturated carbocycles. The molecule has 1 aliphatic carbocycles. The first kappa shape index (κ1) is 20.9. The molecule has 1 heterocycles. The van der Waals surface area contributed by atoms with Gasteiger partial charge in [-0.1, -0.05) is 0 Å². The van der Waals surface area contributed by atoms with Gasteiger partial charge >= 0.3 is 6.18 Å². The van der Waals surface area contributed by atoms with E-state index in [1.54, 1.807) is 35.8 Å². The minimum absolute atomic E-state index is 0.0848. The molecule has 0 atom stereocenters. The molecule has 162 valence electrons. The number of nitrogens with one attached hydrogen (secondary N) is 1. The predicted octanol–water partition coefficient (Wildman–Crippen LogP) is 4.84. The van der Waals surface area contributed by atoms with E-state index in [0.717, 1.165) is 18.2 Å². The van der Waals surface area contributed by atoms with E-state index < -0.39 is 23.5 Å². The van der Waals surface area contributed by atoms with Crippen LogP contribution in [-0.2, 0) is 19.0 Å². The quantitative estimate of drug-likeness (QED) is 0.601. The van der Waals surface area contributed by atoms with Crippen molar-refractivity contribution in [1.29, 1.82) is 0 Å². The number of anilines is 2. The van der Waals surface area contributed by atoms with Crippen LogP contribution in [0.3, 0.4) is 0 Å². The highest BCUT2D eigenvalue weighted by molar-refractivity contribution is 6.04. The van der Waals surface area contributed by atoms with Gasteiger partial charge in [0.25, 0.3) is 5.91 Å². The van der Waals surface area contributed by atoms with Crippen LogP contribution in [0.2, 0.25) is 0 Å². The molecule has 3 aromatic rings. The molecule has 0 unspecified atom stereocenters. The third-order valence-corrected chi connectivity index (χ3v) is 5.29. The third-order valence-electron chi connectivity index (χ3n) is 5.29. The molecule has 9 heteroatoms. The first-order valence-electron chi connectivity index (χ1n) is 9.72. The minimum Gasteiger partial charge on any atom is -0.378 e. The molecule has 0 aliphatic heterocycles. The van der Waals surface area contributed by atoms with Crippen molar-refractivity contribution in [3.05, 3.63) is 70.8 Å². The Balaban J connectivity index is 1.70. The number of amides is 1. The minimum atomic E-state index is -4.63. The third kappa shape index (κ3) is 3.99. The van der Waals surface area contributed by atoms with Gasteiger partial charge in [0.15, 0.2) is 5.69 Å². The van der Waals surface area contributed by atoms with E-state index in [1.807, 2.05) is 0 Å². The van der Waals surface area contributed by atoms with Crippen LogP contribution in [0, 0.1) is 5.82 Å². The van der Waals surface area contributed by atoms with Gasteiger partial charge in [-0.15, -0.1) is 0 Å². The largest absolute Gasteiger partial charge is 0.418 e. The van der Waals surface area contributed by atoms with E-state index in [2.05, 4.69) is 10.4 Å². The fourth-order valence-electron chi connectivity index (χ4n) is 3.75. The standard InChI is InChI=1S/C22H20F4N4O/c1-29(2)15-10-11-18(17(12-15)22(24,25)26)27-21(31)20-16-4-3-5-19(16)30(28-20)14-8-6-13(23)7-9-14/h6-12H,3-5H2,1-2H3,(H,27,31). The zero-order valence-electron chi connectivity index (χ0n) is 16.9. The van der Waals surface area contributed by atoms with Crippen molar-refractivity contribution in [3.63, 3.8) is 0 Å². The first-order valence-corrected chi connectivity index (χ1v) is 9.72. The van der Waals surface area contributed by atoms with Gasteiger partial charge < -0.3 is 10.2 Å². The maximum absolute atomic E-state index is 13.6. The van der Waals surface area contributed by atoms with Crippen molar-refractivity contribution in [2.24, 2.45) is 0 Å². The van der Waals surface area contributed by atoms with Gasteiger partial charge in [0.05, 0.1) is 16.9 Å². The number of hydrogen-bond acceptors (Lipinski definition) is 3. The maximum atomic E-state index is 13.6. The molecule has 4 rings (SSSR count). The summed E-state index contributed by atoms with van der Waals surface area (Å²) in [5, 5.41) is 6.75. The Hall–Kier alpha value is -3.36. The van der Waals surface area contributed by atoms with E-state index in [1.165, 1.54) is 24.3 Å². The number of halogens is 4. The molecule has 2 aromatic carbocycles. The highest BCUT2D eigenvalue weighted by Gasteiger charge is 2.35. The lowest BCUT2D eigenvalue weighted by molar-refractivity contribution is -0.136. The predicted molar refractivity (Wildman–Crippen MR) is 109 cm³/mol. The molecule has 0 saturated heterocycles. The normalized spacial score (nSPS) is 13.2. The molecule has 0 bridgehead atoms. The van der Waals surface area contributed by atoms with Crippen LogP contribution in [0.25, 0.3) is 5.69 Å². The monoisotopic (exact) mass is 432 g/mol. The molecule has 5 nitrogen and oxygen atoms in total. The lowest BCUT2D eigenvalue weighted by Gasteiger charge is -2.18. The molecule has 1 N–H and O–H groups in total. The topological polar surface area (TPSA) is 50.2 Å². The average molecular weight is 432 g/mol. The second-order valence-electron chi connectivity index (χ2n) is 7.59. The van der Waals surface area contributed by atoms with Crippen molar-refractivity contribution in [1.82, 2.24) is 9.78 Å². The molecule has 1 amide bonds. The number of alkyl halides is 3. The summed E-state index contributed by atoms with van der Waals surface area (Å²) in [6.45, 7) is 0. The van der Waals surface area contributed by atoms with Crippen LogP contribution < -0.4 is 10.2 Å². The van der Waals surface area contributed by atoms with E-state index in [0.29, 0.717) is 29.8 Å². The highest BCUT2D eigenvalue weighted by atomic mass is 19.4. The number of aromatic nitrogens is 2. The summed E-state index contributed by atoms with van der Waals surface area (Å²) in [5.74, 6) is -1.10. The van der Waals surface area contributed by atoms with E-state index in [-0.39, 0.29) is 11.4 Å². The summed E-state index contributed by atoms with van der Waals surface area (Å²) in [4.78, 5) is 14.5. The maximum Gasteiger partial charge on any atom is 0.418 e. The molecule has 31 heavy (non-hydrogen) atoms. The van der Waals surface area contributed by atoms with Crippen LogP contribution in [0.1, 0.15) is 33.7 Å². The zero-order chi connectivity index (χ0) is 22.3. The van der Waals surface area contributed by atoms with Crippen LogP contribution in [0.15, 0.2) is 42.5 Å². The Morgan fingerprint density at radius 1 is 1.10 bits per heavy atom. The van der Waals surface area contributed by atoms with Gasteiger partial charge in [-0.25, -0.2) is 9.07 Å². The number of hydrogen-bond donors (Lipinski definition) is 1. The molecular formula is C22H20F4N4O. The van der Waals surface area contributed by atoms with Gasteiger partial charge in [-0.2, -0.15) is 18.3 Å². The summed E-state index contributed by atoms with van der Waals surface area (Å²) in [6, 6.07) is 9.42. The lowest BCUT2D eigenvalue weighted by Crippen LogP contribution is -2.19. The van der Waals surface area contributed by atoms with E-state index in [9.17, 15) is 22.4 Å². The van der Waals surface area contributed by atoms with E-state index >= 15 is 0 Å². The van der Waals surface area contributed by atoms with Crippen molar-refractivity contribution in [2.75, 3.05) is 24.3 Å². The average Bonchev–Trinajstić information content (AvgIpc) is 3.30. The Morgan fingerprint density at radius 2 is 1.81 bits per heavy atom. The smallest absolute Gasteiger partial charge is 0.378 e. The Bertz CT molecular complexity index is 1130. The molecule has 0 spiro atoms. The number of rotatable bonds is 4. The lowest BCUT2D eigenvalue weighted by atomic mass is 10.1. The van der Waals surface area contributed by atoms with Crippen molar-refractivity contribution < 1.29 is 22.4 Å². The van der Waals surface area contributed by atoms with Crippen LogP contribution in [-0.4, -0.2) is 29.8 Å². The summed E-state index contributed by atoms with van der Waals surface area (Å²) in [5.41, 5.74) is 1.31. The van der Waals surface area contributed by atoms with Gasteiger partial charge in [0.1, 0.15) is 5.82 Å². The Kier molecular flexibility index (Phi) is 5.20. The first-order chi connectivity index (χ1) is 14.6. The second kappa shape index (κ2) is 7.72. The number of benzene rings is 2. The van der Waals surface area contributed by atoms with Crippen molar-refractivity contribution in [3.8, 4) is 5.69 Å². The number of fused-ring (bicyclic) bond motifs is 1. The van der Waals surface area contributed by atoms with Gasteiger partial charge in [-0.05, 0) is 61.7 Å². The molecule has 0 fully saturated rings. The van der Waals surface area contributed by atoms with E-state index in [4.69, 9.17) is 0 Å². The van der Waals surface area contributed by atoms with Gasteiger partial charge in [0.2, 0.25) is 0 Å². The van der Waals surface area contributed by atoms with Crippen molar-refractivity contribution in [2.45, 2.75) is 25.4 Å². The molecule has 0 radical (unpaired) electrons. The highest BCUT2D eigenvalue weighted by Crippen LogP contribution is 2.37. The fraction of sp³-hybridized carbons (Fsp3) is 0.273. The second-order valence-corrected chi connectivity index (χ2v) is 7.59. The Labute approximate surface area is 176 Å². The zero-order valence-corrected chi connectivity index (χ0v) is 16.9. The number of nitrogens with zero attached hydrogens (tertiary/aromatic N) is 3. The van der Waals surface area contributed by atoms with Crippen LogP contribution in [0.5, 0.6) is 0 Å². The number of carbonyl (C=O) groups excluding carboxylic acids is 1. The Morgan fingerprint density at radius 3 is 2.45 bits per heavy atom. The molecular weight excluding hydrogens is 412 g/mol. The summed E-state index contributed by atoms with van der Waals surface area (Å²) in [7, 11) is 3.28. The summed E-state index contributed by atoms with van der Waals surface area (Å²) in [6.07, 6.45) is -2.55. The molecule has 1 aromatic heterocycles. The summed E-state index contributed by atoms with van der Waals surface area (Å²) >= 11 is 0. The van der Waals surface area contributed by atoms with Gasteiger partial charge in [0, 0.05) is 31.0 Å². The van der Waals surface area contributed by atoms with Gasteiger partial charge in [-0.3, -0.25) is 4.79 Å². The van der Waals surface area contributed by atoms with Crippen molar-refractivity contribution >= 4 is 17.3 Å². The molecule has 1 aliphatic rings. The van der Waals surface area contributed by atoms with Crippen LogP contribution >= 0.6 is 0 Å². The summed E-state index contributed by atoms with van der Waals surface area (Å²) < 4.78 is 55.6. The van der Waals surface area contributed by atoms with Crippen LogP contribution in [0.4, 0.5) is 28.9 Å². The number of carbonyl (C=O) groups is 1. The fourth-order valence-corrected chi connectivity index (χ4v) is 3.75. The SMILES string of the molecule is CN(C)c1ccc(NC(=O)c2nn(-c3ccc(F)cc3)c3c2CCC3)c(C(F)(F)F)c1.